The van der Waals surface area contributed by atoms with Crippen LogP contribution in [-0.4, -0.2) is 72.4 Å². The van der Waals surface area contributed by atoms with Crippen LogP contribution in [0.5, 0.6) is 0 Å². The summed E-state index contributed by atoms with van der Waals surface area (Å²) in [7, 11) is 0. The number of benzene rings is 2. The average molecular weight is 408 g/mol. The Labute approximate surface area is 177 Å². The molecule has 2 N–H and O–H groups in total. The predicted molar refractivity (Wildman–Crippen MR) is 116 cm³/mol. The molecular formula is C24H29N3O3. The topological polar surface area (TPSA) is 65.0 Å². The van der Waals surface area contributed by atoms with Crippen LogP contribution in [0.4, 0.5) is 5.69 Å². The number of carbonyl (C=O) groups excluding carboxylic acids is 1. The monoisotopic (exact) mass is 407 g/mol. The number of nitrogens with one attached hydrogen (secondary N) is 1. The van der Waals surface area contributed by atoms with E-state index < -0.39 is 6.10 Å². The first kappa shape index (κ1) is 19.5. The molecule has 1 fully saturated rings. The van der Waals surface area contributed by atoms with E-state index in [2.05, 4.69) is 40.5 Å². The van der Waals surface area contributed by atoms with Gasteiger partial charge in [-0.1, -0.05) is 24.3 Å². The van der Waals surface area contributed by atoms with Gasteiger partial charge < -0.3 is 20.1 Å². The summed E-state index contributed by atoms with van der Waals surface area (Å²) in [6.45, 7) is 4.93. The van der Waals surface area contributed by atoms with Gasteiger partial charge in [-0.2, -0.15) is 0 Å². The number of carbonyl (C=O) groups is 1. The van der Waals surface area contributed by atoms with Gasteiger partial charge >= 0.3 is 0 Å². The lowest BCUT2D eigenvalue weighted by Gasteiger charge is -2.34. The molecule has 30 heavy (non-hydrogen) atoms. The molecule has 0 aliphatic carbocycles. The first-order valence-electron chi connectivity index (χ1n) is 10.9. The quantitative estimate of drug-likeness (QED) is 0.766. The Hall–Kier alpha value is -2.41. The van der Waals surface area contributed by atoms with Gasteiger partial charge in [-0.15, -0.1) is 0 Å². The van der Waals surface area contributed by atoms with Crippen LogP contribution in [0.25, 0.3) is 0 Å². The Morgan fingerprint density at radius 3 is 2.63 bits per heavy atom. The van der Waals surface area contributed by atoms with Crippen molar-refractivity contribution in [1.82, 2.24) is 9.80 Å². The number of nitrogens with zero attached hydrogens (tertiary/aromatic N) is 2. The molecule has 3 aliphatic rings. The van der Waals surface area contributed by atoms with Gasteiger partial charge in [0.15, 0.2) is 0 Å². The van der Waals surface area contributed by atoms with E-state index in [1.807, 2.05) is 12.1 Å². The molecule has 3 aliphatic heterocycles. The smallest absolute Gasteiger partial charge is 0.254 e. The second kappa shape index (κ2) is 8.38. The molecule has 0 radical (unpaired) electrons. The molecule has 0 aromatic heterocycles. The molecule has 2 aromatic rings. The van der Waals surface area contributed by atoms with Gasteiger partial charge in [-0.3, -0.25) is 9.69 Å². The van der Waals surface area contributed by atoms with Crippen LogP contribution in [0.1, 0.15) is 27.0 Å². The molecule has 3 heterocycles. The van der Waals surface area contributed by atoms with Crippen LogP contribution in [0.3, 0.4) is 0 Å². The molecule has 1 saturated heterocycles. The van der Waals surface area contributed by atoms with Crippen molar-refractivity contribution in [2.24, 2.45) is 0 Å². The Morgan fingerprint density at radius 2 is 1.83 bits per heavy atom. The van der Waals surface area contributed by atoms with Gasteiger partial charge in [0.2, 0.25) is 0 Å². The van der Waals surface area contributed by atoms with E-state index in [4.69, 9.17) is 4.74 Å². The highest BCUT2D eigenvalue weighted by atomic mass is 16.5. The summed E-state index contributed by atoms with van der Waals surface area (Å²) in [6, 6.07) is 14.9. The maximum absolute atomic E-state index is 13.0. The number of aliphatic hydroxyl groups excluding tert-OH is 1. The Bertz CT molecular complexity index is 928. The zero-order valence-electron chi connectivity index (χ0n) is 17.2. The van der Waals surface area contributed by atoms with Gasteiger partial charge in [0.1, 0.15) is 0 Å². The summed E-state index contributed by atoms with van der Waals surface area (Å²) in [5.41, 5.74) is 5.65. The van der Waals surface area contributed by atoms with Crippen molar-refractivity contribution < 1.29 is 14.6 Å². The fourth-order valence-corrected chi connectivity index (χ4v) is 4.68. The maximum atomic E-state index is 13.0. The number of β-amino-alcohol motifs (C(OH)–C–C–N with tert-alkyl or cyclic N) is 1. The molecule has 2 aromatic carbocycles. The van der Waals surface area contributed by atoms with Crippen molar-refractivity contribution in [3.63, 3.8) is 0 Å². The van der Waals surface area contributed by atoms with Crippen molar-refractivity contribution in [3.8, 4) is 0 Å². The highest BCUT2D eigenvalue weighted by Crippen LogP contribution is 2.24. The Balaban J connectivity index is 1.17. The van der Waals surface area contributed by atoms with Crippen LogP contribution in [0, 0.1) is 0 Å². The molecular weight excluding hydrogens is 378 g/mol. The van der Waals surface area contributed by atoms with E-state index in [1.54, 1.807) is 4.90 Å². The molecule has 158 valence electrons. The zero-order chi connectivity index (χ0) is 20.5. The van der Waals surface area contributed by atoms with E-state index in [0.29, 0.717) is 25.7 Å². The van der Waals surface area contributed by atoms with Gasteiger partial charge in [0.25, 0.3) is 5.91 Å². The number of anilines is 1. The molecule has 5 rings (SSSR count). The normalized spacial score (nSPS) is 20.3. The third-order valence-corrected chi connectivity index (χ3v) is 6.39. The molecule has 0 spiro atoms. The summed E-state index contributed by atoms with van der Waals surface area (Å²) in [4.78, 5) is 17.1. The second-order valence-electron chi connectivity index (χ2n) is 8.66. The minimum atomic E-state index is -0.541. The Kier molecular flexibility index (Phi) is 5.46. The van der Waals surface area contributed by atoms with Crippen LogP contribution >= 0.6 is 0 Å². The molecule has 1 amide bonds. The average Bonchev–Trinajstić information content (AvgIpc) is 2.73. The maximum Gasteiger partial charge on any atom is 0.254 e. The first-order chi connectivity index (χ1) is 14.7. The number of hydrogen-bond donors (Lipinski definition) is 2. The molecule has 0 unspecified atom stereocenters. The van der Waals surface area contributed by atoms with E-state index in [9.17, 15) is 9.90 Å². The summed E-state index contributed by atoms with van der Waals surface area (Å²) in [5, 5.41) is 14.1. The van der Waals surface area contributed by atoms with Crippen molar-refractivity contribution in [3.05, 3.63) is 64.7 Å². The standard InChI is InChI=1S/C24H29N3O3/c28-22(13-26-9-7-17-3-1-2-4-19(17)12-26)14-27-10-8-18-11-20(25-21-15-30-16-21)5-6-23(18)24(27)29/h1-6,11,21-22,25,28H,7-10,12-16H2/t22-/m1/s1. The van der Waals surface area contributed by atoms with Crippen molar-refractivity contribution >= 4 is 11.6 Å². The fourth-order valence-electron chi connectivity index (χ4n) is 4.68. The molecule has 0 saturated carbocycles. The van der Waals surface area contributed by atoms with E-state index in [-0.39, 0.29) is 5.91 Å². The zero-order valence-corrected chi connectivity index (χ0v) is 17.2. The molecule has 1 atom stereocenters. The highest BCUT2D eigenvalue weighted by molar-refractivity contribution is 5.97. The van der Waals surface area contributed by atoms with Crippen LogP contribution in [0.2, 0.25) is 0 Å². The summed E-state index contributed by atoms with van der Waals surface area (Å²) in [5.74, 6) is 0.0258. The van der Waals surface area contributed by atoms with Crippen LogP contribution in [-0.2, 0) is 24.1 Å². The number of aliphatic hydroxyl groups is 1. The van der Waals surface area contributed by atoms with Gasteiger partial charge in [-0.05, 0) is 47.7 Å². The predicted octanol–water partition coefficient (Wildman–Crippen LogP) is 1.91. The van der Waals surface area contributed by atoms with Gasteiger partial charge in [0, 0.05) is 44.0 Å². The fraction of sp³-hybridized carbons (Fsp3) is 0.458. The number of fused-ring (bicyclic) bond motifs is 2. The molecule has 0 bridgehead atoms. The van der Waals surface area contributed by atoms with Gasteiger partial charge in [0.05, 0.1) is 25.4 Å². The van der Waals surface area contributed by atoms with Crippen LogP contribution < -0.4 is 5.32 Å². The summed E-state index contributed by atoms with van der Waals surface area (Å²) < 4.78 is 5.21. The van der Waals surface area contributed by atoms with Crippen molar-refractivity contribution in [1.29, 1.82) is 0 Å². The largest absolute Gasteiger partial charge is 0.390 e. The lowest BCUT2D eigenvalue weighted by molar-refractivity contribution is 0.0211. The summed E-state index contributed by atoms with van der Waals surface area (Å²) in [6.07, 6.45) is 1.30. The number of hydrogen-bond acceptors (Lipinski definition) is 5. The number of amides is 1. The second-order valence-corrected chi connectivity index (χ2v) is 8.66. The Morgan fingerprint density at radius 1 is 1.03 bits per heavy atom. The van der Waals surface area contributed by atoms with E-state index >= 15 is 0 Å². The SMILES string of the molecule is O=C1c2ccc(NC3COC3)cc2CCN1C[C@H](O)CN1CCc2ccccc2C1. The third kappa shape index (κ3) is 4.08. The van der Waals surface area contributed by atoms with E-state index in [0.717, 1.165) is 56.0 Å². The van der Waals surface area contributed by atoms with Crippen molar-refractivity contribution in [2.45, 2.75) is 31.5 Å². The lowest BCUT2D eigenvalue weighted by atomic mass is 9.97. The lowest BCUT2D eigenvalue weighted by Crippen LogP contribution is -2.46. The van der Waals surface area contributed by atoms with Gasteiger partial charge in [-0.25, -0.2) is 0 Å². The third-order valence-electron chi connectivity index (χ3n) is 6.39. The summed E-state index contributed by atoms with van der Waals surface area (Å²) >= 11 is 0. The first-order valence-corrected chi connectivity index (χ1v) is 10.9. The van der Waals surface area contributed by atoms with E-state index in [1.165, 1.54) is 11.1 Å². The minimum absolute atomic E-state index is 0.0258. The molecule has 6 nitrogen and oxygen atoms in total. The number of ether oxygens (including phenoxy) is 1. The minimum Gasteiger partial charge on any atom is -0.390 e. The van der Waals surface area contributed by atoms with Crippen LogP contribution in [0.15, 0.2) is 42.5 Å². The van der Waals surface area contributed by atoms with Crippen molar-refractivity contribution in [2.75, 3.05) is 44.7 Å². The number of rotatable bonds is 6. The highest BCUT2D eigenvalue weighted by Gasteiger charge is 2.28. The molecule has 6 heteroatoms.